The molecule has 0 aromatic heterocycles. The number of hydrogen-bond acceptors (Lipinski definition) is 4. The number of benzene rings is 1. The number of sulfone groups is 1. The van der Waals surface area contributed by atoms with Crippen LogP contribution in [0.4, 0.5) is 4.79 Å². The van der Waals surface area contributed by atoms with Crippen molar-refractivity contribution in [1.82, 2.24) is 15.1 Å². The van der Waals surface area contributed by atoms with Crippen molar-refractivity contribution < 1.29 is 13.2 Å². The van der Waals surface area contributed by atoms with Gasteiger partial charge in [0.25, 0.3) is 0 Å². The van der Waals surface area contributed by atoms with Gasteiger partial charge in [0.05, 0.1) is 11.5 Å². The minimum atomic E-state index is -2.85. The number of nitrogens with zero attached hydrogens (tertiary/aromatic N) is 2. The molecule has 1 unspecified atom stereocenters. The first-order valence-electron chi connectivity index (χ1n) is 8.55. The molecule has 3 rings (SSSR count). The minimum absolute atomic E-state index is 0.0235. The predicted molar refractivity (Wildman–Crippen MR) is 93.7 cm³/mol. The van der Waals surface area contributed by atoms with Crippen LogP contribution in [-0.4, -0.2) is 74.5 Å². The van der Waals surface area contributed by atoms with Gasteiger partial charge in [-0.1, -0.05) is 30.3 Å². The third-order valence-electron chi connectivity index (χ3n) is 4.86. The molecule has 0 bridgehead atoms. The van der Waals surface area contributed by atoms with Gasteiger partial charge >= 0.3 is 6.03 Å². The maximum absolute atomic E-state index is 12.2. The van der Waals surface area contributed by atoms with Gasteiger partial charge in [-0.2, -0.15) is 0 Å². The Morgan fingerprint density at radius 1 is 1.12 bits per heavy atom. The topological polar surface area (TPSA) is 69.7 Å². The monoisotopic (exact) mass is 351 g/mol. The lowest BCUT2D eigenvalue weighted by Crippen LogP contribution is -2.54. The molecule has 2 amide bonds. The van der Waals surface area contributed by atoms with E-state index in [1.165, 1.54) is 5.56 Å². The molecule has 1 N–H and O–H groups in total. The number of hydrogen-bond donors (Lipinski definition) is 1. The van der Waals surface area contributed by atoms with E-state index in [0.717, 1.165) is 25.9 Å². The molecule has 0 aliphatic carbocycles. The van der Waals surface area contributed by atoms with Crippen LogP contribution in [0.2, 0.25) is 0 Å². The van der Waals surface area contributed by atoms with Gasteiger partial charge in [-0.15, -0.1) is 0 Å². The summed E-state index contributed by atoms with van der Waals surface area (Å²) in [5, 5.41) is 2.97. The van der Waals surface area contributed by atoms with Crippen LogP contribution in [0.15, 0.2) is 30.3 Å². The van der Waals surface area contributed by atoms with Gasteiger partial charge in [-0.25, -0.2) is 13.2 Å². The van der Waals surface area contributed by atoms with Crippen LogP contribution in [0.1, 0.15) is 12.0 Å². The summed E-state index contributed by atoms with van der Waals surface area (Å²) in [6, 6.07) is 10.2. The van der Waals surface area contributed by atoms with Gasteiger partial charge in [0, 0.05) is 38.8 Å². The zero-order chi connectivity index (χ0) is 17.0. The molecule has 1 aromatic carbocycles. The summed E-state index contributed by atoms with van der Waals surface area (Å²) in [5.74, 6) is 0.578. The van der Waals surface area contributed by atoms with Crippen molar-refractivity contribution in [2.24, 2.45) is 0 Å². The Kier molecular flexibility index (Phi) is 5.40. The zero-order valence-corrected chi connectivity index (χ0v) is 14.7. The molecule has 1 aromatic rings. The van der Waals surface area contributed by atoms with E-state index in [4.69, 9.17) is 0 Å². The number of rotatable bonds is 4. The Bertz CT molecular complexity index is 655. The van der Waals surface area contributed by atoms with Gasteiger partial charge < -0.3 is 10.2 Å². The normalized spacial score (nSPS) is 24.0. The van der Waals surface area contributed by atoms with E-state index < -0.39 is 9.84 Å². The van der Waals surface area contributed by atoms with Crippen LogP contribution >= 0.6 is 0 Å². The first-order valence-corrected chi connectivity index (χ1v) is 10.4. The largest absolute Gasteiger partial charge is 0.338 e. The van der Waals surface area contributed by atoms with Gasteiger partial charge in [-0.3, -0.25) is 4.90 Å². The van der Waals surface area contributed by atoms with E-state index in [1.54, 1.807) is 0 Å². The first-order chi connectivity index (χ1) is 11.5. The van der Waals surface area contributed by atoms with Gasteiger partial charge in [-0.05, 0) is 18.4 Å². The fourth-order valence-electron chi connectivity index (χ4n) is 3.42. The zero-order valence-electron chi connectivity index (χ0n) is 13.9. The Labute approximate surface area is 143 Å². The van der Waals surface area contributed by atoms with Crippen LogP contribution in [0.5, 0.6) is 0 Å². The summed E-state index contributed by atoms with van der Waals surface area (Å²) in [5.41, 5.74) is 1.21. The maximum Gasteiger partial charge on any atom is 0.317 e. The van der Waals surface area contributed by atoms with E-state index in [-0.39, 0.29) is 17.8 Å². The summed E-state index contributed by atoms with van der Waals surface area (Å²) < 4.78 is 23.2. The highest BCUT2D eigenvalue weighted by Crippen LogP contribution is 2.19. The Morgan fingerprint density at radius 3 is 2.46 bits per heavy atom. The molecule has 24 heavy (non-hydrogen) atoms. The number of urea groups is 1. The Morgan fingerprint density at radius 2 is 1.83 bits per heavy atom. The van der Waals surface area contributed by atoms with Crippen LogP contribution in [0.25, 0.3) is 0 Å². The number of nitrogens with one attached hydrogen (secondary N) is 1. The van der Waals surface area contributed by atoms with Crippen LogP contribution < -0.4 is 5.32 Å². The fourth-order valence-corrected chi connectivity index (χ4v) is 5.19. The van der Waals surface area contributed by atoms with Gasteiger partial charge in [0.15, 0.2) is 9.84 Å². The number of carbonyl (C=O) groups excluding carboxylic acids is 1. The number of amides is 2. The predicted octanol–water partition coefficient (Wildman–Crippen LogP) is 0.743. The average Bonchev–Trinajstić information content (AvgIpc) is 2.96. The molecule has 0 saturated carbocycles. The first kappa shape index (κ1) is 17.2. The number of carbonyl (C=O) groups is 1. The molecule has 0 spiro atoms. The second kappa shape index (κ2) is 7.53. The lowest BCUT2D eigenvalue weighted by Gasteiger charge is -2.37. The number of piperazine rings is 1. The van der Waals surface area contributed by atoms with E-state index >= 15 is 0 Å². The minimum Gasteiger partial charge on any atom is -0.338 e. The second-order valence-corrected chi connectivity index (χ2v) is 8.78. The van der Waals surface area contributed by atoms with Crippen LogP contribution in [0, 0.1) is 0 Å². The van der Waals surface area contributed by atoms with E-state index in [0.29, 0.717) is 25.4 Å². The summed E-state index contributed by atoms with van der Waals surface area (Å²) in [6.07, 6.45) is 1.55. The Balaban J connectivity index is 1.39. The highest BCUT2D eigenvalue weighted by atomic mass is 32.2. The third kappa shape index (κ3) is 4.48. The molecular weight excluding hydrogens is 326 g/mol. The summed E-state index contributed by atoms with van der Waals surface area (Å²) in [7, 11) is -2.85. The standard InChI is InChI=1S/C17H25N3O3S/c21-17(18-8-6-15-4-2-1-3-5-15)20-11-9-19(10-12-20)16-7-13-24(22,23)14-16/h1-5,16H,6-14H2,(H,18,21). The highest BCUT2D eigenvalue weighted by Gasteiger charge is 2.34. The third-order valence-corrected chi connectivity index (χ3v) is 6.61. The molecule has 132 valence electrons. The lowest BCUT2D eigenvalue weighted by atomic mass is 10.1. The van der Waals surface area contributed by atoms with E-state index in [1.807, 2.05) is 23.1 Å². The quantitative estimate of drug-likeness (QED) is 0.869. The van der Waals surface area contributed by atoms with Gasteiger partial charge in [0.2, 0.25) is 0 Å². The van der Waals surface area contributed by atoms with Gasteiger partial charge in [0.1, 0.15) is 0 Å². The molecule has 1 atom stereocenters. The molecule has 7 heteroatoms. The average molecular weight is 351 g/mol. The molecular formula is C17H25N3O3S. The van der Waals surface area contributed by atoms with Crippen molar-refractivity contribution in [3.63, 3.8) is 0 Å². The van der Waals surface area contributed by atoms with Crippen molar-refractivity contribution >= 4 is 15.9 Å². The molecule has 6 nitrogen and oxygen atoms in total. The molecule has 2 fully saturated rings. The maximum atomic E-state index is 12.2. The Hall–Kier alpha value is -1.60. The molecule has 0 radical (unpaired) electrons. The second-order valence-electron chi connectivity index (χ2n) is 6.55. The highest BCUT2D eigenvalue weighted by molar-refractivity contribution is 7.91. The van der Waals surface area contributed by atoms with E-state index in [2.05, 4.69) is 22.3 Å². The van der Waals surface area contributed by atoms with Crippen molar-refractivity contribution in [2.45, 2.75) is 18.9 Å². The molecule has 2 heterocycles. The van der Waals surface area contributed by atoms with Crippen molar-refractivity contribution in [3.8, 4) is 0 Å². The SMILES string of the molecule is O=C(NCCc1ccccc1)N1CCN(C2CCS(=O)(=O)C2)CC1. The van der Waals surface area contributed by atoms with Crippen LogP contribution in [-0.2, 0) is 16.3 Å². The summed E-state index contributed by atoms with van der Waals surface area (Å²) >= 11 is 0. The molecule has 2 aliphatic heterocycles. The molecule has 2 saturated heterocycles. The lowest BCUT2D eigenvalue weighted by molar-refractivity contribution is 0.116. The molecule has 2 aliphatic rings. The van der Waals surface area contributed by atoms with Crippen molar-refractivity contribution in [3.05, 3.63) is 35.9 Å². The fraction of sp³-hybridized carbons (Fsp3) is 0.588. The summed E-state index contributed by atoms with van der Waals surface area (Å²) in [4.78, 5) is 16.3. The van der Waals surface area contributed by atoms with Crippen LogP contribution in [0.3, 0.4) is 0 Å². The van der Waals surface area contributed by atoms with E-state index in [9.17, 15) is 13.2 Å². The van der Waals surface area contributed by atoms with Crippen molar-refractivity contribution in [2.75, 3.05) is 44.2 Å². The summed E-state index contributed by atoms with van der Waals surface area (Å²) in [6.45, 7) is 3.46. The smallest absolute Gasteiger partial charge is 0.317 e. The van der Waals surface area contributed by atoms with Crippen molar-refractivity contribution in [1.29, 1.82) is 0 Å².